The van der Waals surface area contributed by atoms with E-state index in [0.29, 0.717) is 19.1 Å². The topological polar surface area (TPSA) is 44.8 Å². The standard InChI is InChI=1S/C18H24F3N3O2.ClH/c1-13(26-16-5-3-2-4-15(16)18(19,20)21)17(25)24-9-6-14(12-24)23-10-7-22-8-11-23;/h2-5,13-14,22H,6-12H2,1H3;1H. The highest BCUT2D eigenvalue weighted by Crippen LogP contribution is 2.36. The number of para-hydroxylation sites is 1. The van der Waals surface area contributed by atoms with Crippen LogP contribution >= 0.6 is 12.4 Å². The van der Waals surface area contributed by atoms with E-state index in [2.05, 4.69) is 10.2 Å². The highest BCUT2D eigenvalue weighted by atomic mass is 35.5. The molecular formula is C18H25ClF3N3O2. The minimum Gasteiger partial charge on any atom is -0.480 e. The summed E-state index contributed by atoms with van der Waals surface area (Å²) in [6.07, 6.45) is -4.59. The second-order valence-corrected chi connectivity index (χ2v) is 6.77. The molecule has 2 heterocycles. The number of carbonyl (C=O) groups is 1. The predicted molar refractivity (Wildman–Crippen MR) is 98.2 cm³/mol. The van der Waals surface area contributed by atoms with Gasteiger partial charge >= 0.3 is 6.18 Å². The maximum atomic E-state index is 13.1. The first-order chi connectivity index (χ1) is 12.4. The molecule has 27 heavy (non-hydrogen) atoms. The van der Waals surface area contributed by atoms with Gasteiger partial charge < -0.3 is 15.0 Å². The Labute approximate surface area is 163 Å². The van der Waals surface area contributed by atoms with Gasteiger partial charge in [0.25, 0.3) is 5.91 Å². The van der Waals surface area contributed by atoms with Gasteiger partial charge in [-0.1, -0.05) is 12.1 Å². The molecule has 2 fully saturated rings. The van der Waals surface area contributed by atoms with Crippen molar-refractivity contribution in [1.29, 1.82) is 0 Å². The number of ether oxygens (including phenoxy) is 1. The Hall–Kier alpha value is -1.51. The lowest BCUT2D eigenvalue weighted by molar-refractivity contribution is -0.143. The molecule has 0 aromatic heterocycles. The zero-order valence-electron chi connectivity index (χ0n) is 15.2. The molecule has 1 amide bonds. The van der Waals surface area contributed by atoms with Crippen molar-refractivity contribution >= 4 is 18.3 Å². The molecule has 2 aliphatic rings. The van der Waals surface area contributed by atoms with Gasteiger partial charge in [0.1, 0.15) is 5.75 Å². The second-order valence-electron chi connectivity index (χ2n) is 6.77. The summed E-state index contributed by atoms with van der Waals surface area (Å²) < 4.78 is 44.6. The normalized spacial score (nSPS) is 22.2. The molecule has 3 rings (SSSR count). The molecule has 9 heteroatoms. The Morgan fingerprint density at radius 2 is 1.89 bits per heavy atom. The third-order valence-corrected chi connectivity index (χ3v) is 4.99. The highest BCUT2D eigenvalue weighted by Gasteiger charge is 2.36. The SMILES string of the molecule is CC(Oc1ccccc1C(F)(F)F)C(=O)N1CCC(N2CCNCC2)C1.Cl. The Kier molecular flexibility index (Phi) is 7.36. The van der Waals surface area contributed by atoms with Gasteiger partial charge in [-0.2, -0.15) is 13.2 Å². The van der Waals surface area contributed by atoms with Crippen LogP contribution in [0.4, 0.5) is 13.2 Å². The molecular weight excluding hydrogens is 383 g/mol. The first-order valence-electron chi connectivity index (χ1n) is 8.92. The van der Waals surface area contributed by atoms with Crippen LogP contribution in [0.2, 0.25) is 0 Å². The summed E-state index contributed by atoms with van der Waals surface area (Å²) >= 11 is 0. The van der Waals surface area contributed by atoms with Crippen molar-refractivity contribution in [3.05, 3.63) is 29.8 Å². The summed E-state index contributed by atoms with van der Waals surface area (Å²) in [5, 5.41) is 3.30. The van der Waals surface area contributed by atoms with Gasteiger partial charge in [-0.3, -0.25) is 9.69 Å². The van der Waals surface area contributed by atoms with Crippen molar-refractivity contribution in [2.24, 2.45) is 0 Å². The number of halogens is 4. The number of likely N-dealkylation sites (tertiary alicyclic amines) is 1. The summed E-state index contributed by atoms with van der Waals surface area (Å²) in [6, 6.07) is 5.30. The van der Waals surface area contributed by atoms with Gasteiger partial charge in [0.05, 0.1) is 5.56 Å². The second kappa shape index (κ2) is 9.12. The van der Waals surface area contributed by atoms with E-state index < -0.39 is 17.8 Å². The van der Waals surface area contributed by atoms with E-state index >= 15 is 0 Å². The van der Waals surface area contributed by atoms with E-state index in [0.717, 1.165) is 38.7 Å². The lowest BCUT2D eigenvalue weighted by Crippen LogP contribution is -2.50. The minimum atomic E-state index is -4.51. The van der Waals surface area contributed by atoms with Gasteiger partial charge in [-0.15, -0.1) is 12.4 Å². The van der Waals surface area contributed by atoms with E-state index in [4.69, 9.17) is 4.74 Å². The van der Waals surface area contributed by atoms with Crippen LogP contribution in [-0.4, -0.2) is 67.1 Å². The average molecular weight is 408 g/mol. The van der Waals surface area contributed by atoms with Gasteiger partial charge in [0.15, 0.2) is 6.10 Å². The number of amides is 1. The van der Waals surface area contributed by atoms with Crippen LogP contribution in [0.3, 0.4) is 0 Å². The fourth-order valence-corrected chi connectivity index (χ4v) is 3.59. The minimum absolute atomic E-state index is 0. The van der Waals surface area contributed by atoms with Gasteiger partial charge in [0.2, 0.25) is 0 Å². The van der Waals surface area contributed by atoms with Crippen LogP contribution in [0.25, 0.3) is 0 Å². The Balaban J connectivity index is 0.00000261. The molecule has 2 atom stereocenters. The average Bonchev–Trinajstić information content (AvgIpc) is 3.11. The molecule has 2 unspecified atom stereocenters. The number of hydrogen-bond acceptors (Lipinski definition) is 4. The van der Waals surface area contributed by atoms with Crippen molar-refractivity contribution in [2.45, 2.75) is 31.7 Å². The number of hydrogen-bond donors (Lipinski definition) is 1. The molecule has 0 spiro atoms. The number of alkyl halides is 3. The van der Waals surface area contributed by atoms with Gasteiger partial charge in [-0.25, -0.2) is 0 Å². The monoisotopic (exact) mass is 407 g/mol. The van der Waals surface area contributed by atoms with Crippen molar-refractivity contribution in [3.8, 4) is 5.75 Å². The smallest absolute Gasteiger partial charge is 0.419 e. The first kappa shape index (κ1) is 21.8. The quantitative estimate of drug-likeness (QED) is 0.832. The van der Waals surface area contributed by atoms with Crippen molar-refractivity contribution in [1.82, 2.24) is 15.1 Å². The number of piperazine rings is 1. The molecule has 1 aromatic rings. The fraction of sp³-hybridized carbons (Fsp3) is 0.611. The third-order valence-electron chi connectivity index (χ3n) is 4.99. The van der Waals surface area contributed by atoms with E-state index in [1.165, 1.54) is 25.1 Å². The molecule has 0 aliphatic carbocycles. The summed E-state index contributed by atoms with van der Waals surface area (Å²) in [5.41, 5.74) is -0.861. The van der Waals surface area contributed by atoms with E-state index in [9.17, 15) is 18.0 Å². The molecule has 5 nitrogen and oxygen atoms in total. The number of nitrogens with one attached hydrogen (secondary N) is 1. The summed E-state index contributed by atoms with van der Waals surface area (Å²) in [6.45, 7) is 6.52. The van der Waals surface area contributed by atoms with Gasteiger partial charge in [-0.05, 0) is 25.5 Å². The van der Waals surface area contributed by atoms with E-state index in [1.54, 1.807) is 4.90 Å². The molecule has 0 radical (unpaired) electrons. The summed E-state index contributed by atoms with van der Waals surface area (Å²) in [4.78, 5) is 16.7. The van der Waals surface area contributed by atoms with Crippen LogP contribution in [0, 0.1) is 0 Å². The lowest BCUT2D eigenvalue weighted by atomic mass is 10.2. The maximum absolute atomic E-state index is 13.1. The summed E-state index contributed by atoms with van der Waals surface area (Å²) in [7, 11) is 0. The van der Waals surface area contributed by atoms with Crippen molar-refractivity contribution < 1.29 is 22.7 Å². The van der Waals surface area contributed by atoms with Crippen LogP contribution in [0.15, 0.2) is 24.3 Å². The molecule has 152 valence electrons. The van der Waals surface area contributed by atoms with Gasteiger partial charge in [0, 0.05) is 45.3 Å². The van der Waals surface area contributed by atoms with E-state index in [-0.39, 0.29) is 24.1 Å². The fourth-order valence-electron chi connectivity index (χ4n) is 3.59. The first-order valence-corrected chi connectivity index (χ1v) is 8.92. The number of carbonyl (C=O) groups excluding carboxylic acids is 1. The largest absolute Gasteiger partial charge is 0.480 e. The van der Waals surface area contributed by atoms with Crippen LogP contribution in [-0.2, 0) is 11.0 Å². The molecule has 0 bridgehead atoms. The molecule has 0 saturated carbocycles. The summed E-state index contributed by atoms with van der Waals surface area (Å²) in [5.74, 6) is -0.571. The van der Waals surface area contributed by atoms with Crippen LogP contribution < -0.4 is 10.1 Å². The number of rotatable bonds is 4. The Morgan fingerprint density at radius 1 is 1.22 bits per heavy atom. The maximum Gasteiger partial charge on any atom is 0.419 e. The third kappa shape index (κ3) is 5.27. The van der Waals surface area contributed by atoms with Crippen molar-refractivity contribution in [2.75, 3.05) is 39.3 Å². The van der Waals surface area contributed by atoms with Crippen LogP contribution in [0.1, 0.15) is 18.9 Å². The lowest BCUT2D eigenvalue weighted by Gasteiger charge is -2.32. The zero-order chi connectivity index (χ0) is 18.7. The predicted octanol–water partition coefficient (Wildman–Crippen LogP) is 2.40. The Bertz CT molecular complexity index is 639. The molecule has 1 N–H and O–H groups in total. The molecule has 2 aliphatic heterocycles. The number of benzene rings is 1. The van der Waals surface area contributed by atoms with Crippen molar-refractivity contribution in [3.63, 3.8) is 0 Å². The molecule has 1 aromatic carbocycles. The Morgan fingerprint density at radius 3 is 2.56 bits per heavy atom. The highest BCUT2D eigenvalue weighted by molar-refractivity contribution is 5.85. The molecule has 2 saturated heterocycles. The van der Waals surface area contributed by atoms with E-state index in [1.807, 2.05) is 0 Å². The zero-order valence-corrected chi connectivity index (χ0v) is 16.0. The van der Waals surface area contributed by atoms with Crippen LogP contribution in [0.5, 0.6) is 5.75 Å². The number of nitrogens with zero attached hydrogens (tertiary/aromatic N) is 2.